The Kier molecular flexibility index (Phi) is 10.9. The van der Waals surface area contributed by atoms with Gasteiger partial charge in [-0.15, -0.1) is 0 Å². The Morgan fingerprint density at radius 2 is 1.28 bits per heavy atom. The Bertz CT molecular complexity index is 1090. The van der Waals surface area contributed by atoms with Crippen LogP contribution in [0.25, 0.3) is 6.08 Å². The van der Waals surface area contributed by atoms with Crippen molar-refractivity contribution in [2.24, 2.45) is 11.8 Å². The molecule has 1 nitrogen and oxygen atoms in total. The lowest BCUT2D eigenvalue weighted by molar-refractivity contribution is 0.285. The SMILES string of the molecule is CCCCCCCOc1ccc(/C=C/C2CCC(c3ccc(C4CCC(C)CC4)c(F)c3F)CC2)c(F)c1F. The van der Waals surface area contributed by atoms with Crippen molar-refractivity contribution in [1.29, 1.82) is 0 Å². The maximum absolute atomic E-state index is 15.1. The first-order valence-corrected chi connectivity index (χ1v) is 15.2. The summed E-state index contributed by atoms with van der Waals surface area (Å²) >= 11 is 0. The van der Waals surface area contributed by atoms with Crippen LogP contribution in [-0.4, -0.2) is 6.61 Å². The van der Waals surface area contributed by atoms with Crippen LogP contribution in [0.1, 0.15) is 126 Å². The van der Waals surface area contributed by atoms with E-state index in [1.54, 1.807) is 18.2 Å². The van der Waals surface area contributed by atoms with Crippen molar-refractivity contribution < 1.29 is 22.3 Å². The van der Waals surface area contributed by atoms with Gasteiger partial charge in [0.1, 0.15) is 0 Å². The van der Waals surface area contributed by atoms with Gasteiger partial charge in [-0.05, 0) is 91.9 Å². The fourth-order valence-electron chi connectivity index (χ4n) is 6.32. The Balaban J connectivity index is 1.30. The molecule has 0 aliphatic heterocycles. The first kappa shape index (κ1) is 29.7. The van der Waals surface area contributed by atoms with Crippen molar-refractivity contribution >= 4 is 6.08 Å². The number of unbranched alkanes of at least 4 members (excludes halogenated alkanes) is 4. The number of benzene rings is 2. The summed E-state index contributed by atoms with van der Waals surface area (Å²) in [5, 5.41) is 0. The molecule has 0 saturated heterocycles. The molecular formula is C34H44F4O. The molecule has 2 aliphatic carbocycles. The summed E-state index contributed by atoms with van der Waals surface area (Å²) in [4.78, 5) is 0. The van der Waals surface area contributed by atoms with Crippen LogP contribution in [0.3, 0.4) is 0 Å². The molecule has 0 amide bonds. The summed E-state index contributed by atoms with van der Waals surface area (Å²) in [5.74, 6) is -2.26. The van der Waals surface area contributed by atoms with E-state index in [0.717, 1.165) is 77.0 Å². The van der Waals surface area contributed by atoms with Crippen LogP contribution in [0.15, 0.2) is 30.3 Å². The molecule has 214 valence electrons. The molecule has 0 aromatic heterocycles. The molecule has 0 atom stereocenters. The highest BCUT2D eigenvalue weighted by molar-refractivity contribution is 5.52. The second-order valence-corrected chi connectivity index (χ2v) is 11.8. The van der Waals surface area contributed by atoms with Gasteiger partial charge in [-0.25, -0.2) is 13.2 Å². The zero-order chi connectivity index (χ0) is 27.8. The standard InChI is InChI=1S/C34H44F4O/c1-3-4-5-6-7-22-39-30-21-18-27(31(35)34(30)38)17-12-24-10-15-26(16-11-24)29-20-19-28(32(36)33(29)37)25-13-8-23(2)9-14-25/h12,17-21,23-26H,3-11,13-16,22H2,1-2H3/b17-12+. The van der Waals surface area contributed by atoms with Crippen LogP contribution in [-0.2, 0) is 0 Å². The second-order valence-electron chi connectivity index (χ2n) is 11.8. The van der Waals surface area contributed by atoms with Gasteiger partial charge in [0, 0.05) is 5.56 Å². The van der Waals surface area contributed by atoms with Crippen molar-refractivity contribution in [1.82, 2.24) is 0 Å². The van der Waals surface area contributed by atoms with Crippen LogP contribution in [0.5, 0.6) is 5.75 Å². The average molecular weight is 545 g/mol. The molecule has 5 heteroatoms. The van der Waals surface area contributed by atoms with E-state index in [1.807, 2.05) is 12.1 Å². The predicted molar refractivity (Wildman–Crippen MR) is 151 cm³/mol. The maximum Gasteiger partial charge on any atom is 0.201 e. The van der Waals surface area contributed by atoms with Gasteiger partial charge >= 0.3 is 0 Å². The van der Waals surface area contributed by atoms with Crippen LogP contribution in [0, 0.1) is 35.1 Å². The highest BCUT2D eigenvalue weighted by atomic mass is 19.2. The third kappa shape index (κ3) is 7.67. The largest absolute Gasteiger partial charge is 0.490 e. The quantitative estimate of drug-likeness (QED) is 0.202. The summed E-state index contributed by atoms with van der Waals surface area (Å²) in [6.45, 7) is 4.75. The lowest BCUT2D eigenvalue weighted by Crippen LogP contribution is -2.16. The van der Waals surface area contributed by atoms with Gasteiger partial charge in [0.2, 0.25) is 5.82 Å². The van der Waals surface area contributed by atoms with E-state index in [0.29, 0.717) is 23.7 Å². The summed E-state index contributed by atoms with van der Waals surface area (Å²) in [7, 11) is 0. The first-order chi connectivity index (χ1) is 18.9. The molecule has 2 aliphatic rings. The van der Waals surface area contributed by atoms with Crippen LogP contribution >= 0.6 is 0 Å². The van der Waals surface area contributed by atoms with E-state index in [4.69, 9.17) is 4.74 Å². The lowest BCUT2D eigenvalue weighted by Gasteiger charge is -2.29. The van der Waals surface area contributed by atoms with Crippen molar-refractivity contribution in [2.75, 3.05) is 6.61 Å². The van der Waals surface area contributed by atoms with Gasteiger partial charge in [-0.2, -0.15) is 4.39 Å². The topological polar surface area (TPSA) is 9.23 Å². The zero-order valence-electron chi connectivity index (χ0n) is 23.6. The molecule has 0 radical (unpaired) electrons. The summed E-state index contributed by atoms with van der Waals surface area (Å²) in [6, 6.07) is 6.67. The Morgan fingerprint density at radius 3 is 1.90 bits per heavy atom. The van der Waals surface area contributed by atoms with Gasteiger partial charge in [0.15, 0.2) is 23.2 Å². The summed E-state index contributed by atoms with van der Waals surface area (Å²) in [6.07, 6.45) is 15.9. The van der Waals surface area contributed by atoms with Gasteiger partial charge in [-0.1, -0.05) is 76.7 Å². The summed E-state index contributed by atoms with van der Waals surface area (Å²) < 4.78 is 64.8. The molecule has 2 aromatic carbocycles. The monoisotopic (exact) mass is 544 g/mol. The number of allylic oxidation sites excluding steroid dienone is 1. The fourth-order valence-corrected chi connectivity index (χ4v) is 6.32. The van der Waals surface area contributed by atoms with Gasteiger partial charge in [0.25, 0.3) is 0 Å². The summed E-state index contributed by atoms with van der Waals surface area (Å²) in [5.41, 5.74) is 1.22. The maximum atomic E-state index is 15.1. The van der Waals surface area contributed by atoms with Crippen molar-refractivity contribution in [2.45, 2.75) is 109 Å². The molecular weight excluding hydrogens is 500 g/mol. The van der Waals surface area contributed by atoms with Crippen molar-refractivity contribution in [3.05, 3.63) is 70.3 Å². The molecule has 0 spiro atoms. The van der Waals surface area contributed by atoms with Gasteiger partial charge in [0.05, 0.1) is 6.61 Å². The number of rotatable bonds is 11. The number of ether oxygens (including phenoxy) is 1. The Hall–Kier alpha value is -2.30. The molecule has 2 saturated carbocycles. The Labute approximate surface area is 232 Å². The fraction of sp³-hybridized carbons (Fsp3) is 0.588. The molecule has 39 heavy (non-hydrogen) atoms. The van der Waals surface area contributed by atoms with Crippen molar-refractivity contribution in [3.8, 4) is 5.75 Å². The zero-order valence-corrected chi connectivity index (χ0v) is 23.6. The van der Waals surface area contributed by atoms with E-state index in [-0.39, 0.29) is 29.1 Å². The van der Waals surface area contributed by atoms with Crippen LogP contribution < -0.4 is 4.74 Å². The molecule has 0 N–H and O–H groups in total. The van der Waals surface area contributed by atoms with Crippen LogP contribution in [0.2, 0.25) is 0 Å². The number of hydrogen-bond acceptors (Lipinski definition) is 1. The van der Waals surface area contributed by atoms with E-state index < -0.39 is 23.3 Å². The minimum Gasteiger partial charge on any atom is -0.490 e. The molecule has 0 unspecified atom stereocenters. The van der Waals surface area contributed by atoms with E-state index in [9.17, 15) is 8.78 Å². The van der Waals surface area contributed by atoms with E-state index in [2.05, 4.69) is 13.8 Å². The van der Waals surface area contributed by atoms with Crippen LogP contribution in [0.4, 0.5) is 17.6 Å². The number of hydrogen-bond donors (Lipinski definition) is 0. The van der Waals surface area contributed by atoms with E-state index >= 15 is 8.78 Å². The third-order valence-corrected chi connectivity index (χ3v) is 8.94. The highest BCUT2D eigenvalue weighted by Gasteiger charge is 2.28. The van der Waals surface area contributed by atoms with Gasteiger partial charge in [-0.3, -0.25) is 0 Å². The molecule has 2 fully saturated rings. The lowest BCUT2D eigenvalue weighted by atomic mass is 9.76. The Morgan fingerprint density at radius 1 is 0.692 bits per heavy atom. The minimum absolute atomic E-state index is 0.0165. The van der Waals surface area contributed by atoms with Gasteiger partial charge < -0.3 is 4.74 Å². The van der Waals surface area contributed by atoms with Crippen molar-refractivity contribution in [3.63, 3.8) is 0 Å². The predicted octanol–water partition coefficient (Wildman–Crippen LogP) is 10.9. The second kappa shape index (κ2) is 14.4. The number of halogens is 4. The molecule has 0 bridgehead atoms. The normalized spacial score (nSPS) is 23.8. The highest BCUT2D eigenvalue weighted by Crippen LogP contribution is 2.41. The molecule has 4 rings (SSSR count). The minimum atomic E-state index is -0.946. The van der Waals surface area contributed by atoms with E-state index in [1.165, 1.54) is 12.5 Å². The smallest absolute Gasteiger partial charge is 0.201 e. The first-order valence-electron chi connectivity index (χ1n) is 15.2. The molecule has 2 aromatic rings. The average Bonchev–Trinajstić information content (AvgIpc) is 2.95. The molecule has 0 heterocycles. The third-order valence-electron chi connectivity index (χ3n) is 8.94.